The van der Waals surface area contributed by atoms with Crippen LogP contribution in [0.25, 0.3) is 0 Å². The summed E-state index contributed by atoms with van der Waals surface area (Å²) >= 11 is 5.95. The van der Waals surface area contributed by atoms with Crippen LogP contribution in [0.3, 0.4) is 0 Å². The van der Waals surface area contributed by atoms with Gasteiger partial charge in [0.25, 0.3) is 0 Å². The van der Waals surface area contributed by atoms with E-state index in [0.717, 1.165) is 22.5 Å². The molecule has 110 valence electrons. The van der Waals surface area contributed by atoms with E-state index in [1.54, 1.807) is 4.90 Å². The van der Waals surface area contributed by atoms with Gasteiger partial charge in [-0.3, -0.25) is 9.89 Å². The third-order valence-corrected chi connectivity index (χ3v) is 4.20. The van der Waals surface area contributed by atoms with Crippen molar-refractivity contribution in [2.45, 2.75) is 6.54 Å². The molecule has 0 spiro atoms. The molecule has 0 N–H and O–H groups in total. The molecule has 1 amide bonds. The highest BCUT2D eigenvalue weighted by molar-refractivity contribution is 6.30. The molecule has 2 aliphatic rings. The maximum absolute atomic E-state index is 11.7. The SMILES string of the molecule is O=C1OCCN1c1ccc2c(c1)C(c1ccc(Cl)cc1)=NC2. The normalized spacial score (nSPS) is 16.5. The Hall–Kier alpha value is -2.33. The van der Waals surface area contributed by atoms with Crippen LogP contribution in [0.4, 0.5) is 10.5 Å². The second kappa shape index (κ2) is 5.14. The van der Waals surface area contributed by atoms with Gasteiger partial charge in [0.15, 0.2) is 0 Å². The minimum atomic E-state index is -0.289. The number of carbonyl (C=O) groups is 1. The van der Waals surface area contributed by atoms with E-state index in [1.165, 1.54) is 5.56 Å². The van der Waals surface area contributed by atoms with Crippen LogP contribution >= 0.6 is 11.6 Å². The van der Waals surface area contributed by atoms with E-state index < -0.39 is 0 Å². The molecule has 5 heteroatoms. The molecule has 1 fully saturated rings. The highest BCUT2D eigenvalue weighted by atomic mass is 35.5. The summed E-state index contributed by atoms with van der Waals surface area (Å²) in [6, 6.07) is 13.6. The van der Waals surface area contributed by atoms with Crippen molar-refractivity contribution in [2.75, 3.05) is 18.1 Å². The van der Waals surface area contributed by atoms with Gasteiger partial charge < -0.3 is 4.74 Å². The lowest BCUT2D eigenvalue weighted by atomic mass is 9.99. The number of benzene rings is 2. The molecule has 2 aliphatic heterocycles. The number of hydrogen-bond donors (Lipinski definition) is 0. The Morgan fingerprint density at radius 2 is 1.95 bits per heavy atom. The number of ether oxygens (including phenoxy) is 1. The number of carbonyl (C=O) groups excluding carboxylic acids is 1. The van der Waals surface area contributed by atoms with Crippen molar-refractivity contribution >= 4 is 29.1 Å². The maximum Gasteiger partial charge on any atom is 0.414 e. The van der Waals surface area contributed by atoms with Crippen LogP contribution in [0.1, 0.15) is 16.7 Å². The summed E-state index contributed by atoms with van der Waals surface area (Å²) in [5, 5.41) is 0.705. The van der Waals surface area contributed by atoms with Crippen molar-refractivity contribution in [1.82, 2.24) is 0 Å². The number of hydrogen-bond acceptors (Lipinski definition) is 3. The zero-order valence-electron chi connectivity index (χ0n) is 11.8. The van der Waals surface area contributed by atoms with Crippen LogP contribution < -0.4 is 4.90 Å². The summed E-state index contributed by atoms with van der Waals surface area (Å²) in [7, 11) is 0. The van der Waals surface area contributed by atoms with E-state index in [1.807, 2.05) is 42.5 Å². The van der Waals surface area contributed by atoms with Gasteiger partial charge in [0.05, 0.1) is 18.8 Å². The molecule has 0 aliphatic carbocycles. The fourth-order valence-corrected chi connectivity index (χ4v) is 2.95. The molecule has 22 heavy (non-hydrogen) atoms. The maximum atomic E-state index is 11.7. The standard InChI is InChI=1S/C17H13ClN2O2/c18-13-4-1-11(2-5-13)16-15-9-14(6-3-12(15)10-19-16)20-7-8-22-17(20)21/h1-6,9H,7-8,10H2. The number of nitrogens with zero attached hydrogens (tertiary/aromatic N) is 2. The van der Waals surface area contributed by atoms with Gasteiger partial charge in [-0.05, 0) is 29.8 Å². The molecule has 2 heterocycles. The first kappa shape index (κ1) is 13.3. The van der Waals surface area contributed by atoms with Gasteiger partial charge in [-0.25, -0.2) is 4.79 Å². The summed E-state index contributed by atoms with van der Waals surface area (Å²) in [6.07, 6.45) is -0.289. The number of amides is 1. The van der Waals surface area contributed by atoms with Crippen molar-refractivity contribution in [2.24, 2.45) is 4.99 Å². The zero-order valence-corrected chi connectivity index (χ0v) is 12.5. The van der Waals surface area contributed by atoms with Crippen molar-refractivity contribution in [3.05, 3.63) is 64.2 Å². The molecule has 4 nitrogen and oxygen atoms in total. The predicted octanol–water partition coefficient (Wildman–Crippen LogP) is 3.65. The summed E-state index contributed by atoms with van der Waals surface area (Å²) in [5.41, 5.74) is 5.07. The Balaban J connectivity index is 1.73. The van der Waals surface area contributed by atoms with Crippen LogP contribution in [-0.2, 0) is 11.3 Å². The molecule has 0 bridgehead atoms. The highest BCUT2D eigenvalue weighted by Crippen LogP contribution is 2.29. The van der Waals surface area contributed by atoms with E-state index in [2.05, 4.69) is 4.99 Å². The van der Waals surface area contributed by atoms with E-state index in [9.17, 15) is 4.79 Å². The van der Waals surface area contributed by atoms with Gasteiger partial charge in [0.1, 0.15) is 6.61 Å². The molecule has 1 saturated heterocycles. The quantitative estimate of drug-likeness (QED) is 0.849. The molecule has 0 radical (unpaired) electrons. The Bertz CT molecular complexity index is 784. The first-order valence-corrected chi connectivity index (χ1v) is 7.48. The molecule has 2 aromatic carbocycles. The third-order valence-electron chi connectivity index (χ3n) is 3.95. The van der Waals surface area contributed by atoms with Crippen molar-refractivity contribution in [1.29, 1.82) is 0 Å². The lowest BCUT2D eigenvalue weighted by Crippen LogP contribution is -2.23. The summed E-state index contributed by atoms with van der Waals surface area (Å²) in [6.45, 7) is 1.69. The first-order valence-electron chi connectivity index (χ1n) is 7.10. The molecule has 0 aromatic heterocycles. The van der Waals surface area contributed by atoms with Gasteiger partial charge in [-0.1, -0.05) is 29.8 Å². The van der Waals surface area contributed by atoms with E-state index in [-0.39, 0.29) is 6.09 Å². The molecule has 4 rings (SSSR count). The Kier molecular flexibility index (Phi) is 3.12. The molecular weight excluding hydrogens is 300 g/mol. The van der Waals surface area contributed by atoms with Gasteiger partial charge in [-0.15, -0.1) is 0 Å². The molecular formula is C17H13ClN2O2. The first-order chi connectivity index (χ1) is 10.7. The lowest BCUT2D eigenvalue weighted by molar-refractivity contribution is 0.181. The third kappa shape index (κ3) is 2.16. The average Bonchev–Trinajstić information content (AvgIpc) is 3.13. The monoisotopic (exact) mass is 312 g/mol. The number of cyclic esters (lactones) is 1. The van der Waals surface area contributed by atoms with Gasteiger partial charge >= 0.3 is 6.09 Å². The van der Waals surface area contributed by atoms with Crippen LogP contribution in [0.5, 0.6) is 0 Å². The number of aliphatic imine (C=N–C) groups is 1. The Morgan fingerprint density at radius 1 is 1.14 bits per heavy atom. The largest absolute Gasteiger partial charge is 0.447 e. The topological polar surface area (TPSA) is 41.9 Å². The fourth-order valence-electron chi connectivity index (χ4n) is 2.82. The number of anilines is 1. The van der Waals surface area contributed by atoms with E-state index in [0.29, 0.717) is 24.7 Å². The van der Waals surface area contributed by atoms with E-state index >= 15 is 0 Å². The fraction of sp³-hybridized carbons (Fsp3) is 0.176. The minimum Gasteiger partial charge on any atom is -0.447 e. The lowest BCUT2D eigenvalue weighted by Gasteiger charge is -2.14. The van der Waals surface area contributed by atoms with Crippen LogP contribution in [-0.4, -0.2) is 25.0 Å². The van der Waals surface area contributed by atoms with Gasteiger partial charge in [-0.2, -0.15) is 0 Å². The molecule has 0 saturated carbocycles. The predicted molar refractivity (Wildman–Crippen MR) is 85.9 cm³/mol. The Morgan fingerprint density at radius 3 is 2.68 bits per heavy atom. The van der Waals surface area contributed by atoms with Crippen LogP contribution in [0, 0.1) is 0 Å². The highest BCUT2D eigenvalue weighted by Gasteiger charge is 2.26. The van der Waals surface area contributed by atoms with Crippen LogP contribution in [0.15, 0.2) is 47.5 Å². The molecule has 0 unspecified atom stereocenters. The minimum absolute atomic E-state index is 0.289. The second-order valence-electron chi connectivity index (χ2n) is 5.28. The smallest absolute Gasteiger partial charge is 0.414 e. The second-order valence-corrected chi connectivity index (χ2v) is 5.72. The van der Waals surface area contributed by atoms with Gasteiger partial charge in [0.2, 0.25) is 0 Å². The summed E-state index contributed by atoms with van der Waals surface area (Å²) in [5.74, 6) is 0. The molecule has 0 atom stereocenters. The van der Waals surface area contributed by atoms with Crippen molar-refractivity contribution in [3.63, 3.8) is 0 Å². The van der Waals surface area contributed by atoms with Crippen molar-refractivity contribution < 1.29 is 9.53 Å². The zero-order chi connectivity index (χ0) is 15.1. The van der Waals surface area contributed by atoms with E-state index in [4.69, 9.17) is 16.3 Å². The average molecular weight is 313 g/mol. The summed E-state index contributed by atoms with van der Waals surface area (Å²) < 4.78 is 5.01. The number of rotatable bonds is 2. The number of fused-ring (bicyclic) bond motifs is 1. The summed E-state index contributed by atoms with van der Waals surface area (Å²) in [4.78, 5) is 18.0. The molecule has 2 aromatic rings. The van der Waals surface area contributed by atoms with Crippen molar-refractivity contribution in [3.8, 4) is 0 Å². The van der Waals surface area contributed by atoms with Gasteiger partial charge in [0, 0.05) is 21.8 Å². The Labute approximate surface area is 133 Å². The number of halogens is 1. The van der Waals surface area contributed by atoms with Crippen LogP contribution in [0.2, 0.25) is 5.02 Å².